The predicted octanol–water partition coefficient (Wildman–Crippen LogP) is 7.27. The monoisotopic (exact) mass is 631 g/mol. The van der Waals surface area contributed by atoms with E-state index in [1.807, 2.05) is 0 Å². The van der Waals surface area contributed by atoms with Crippen LogP contribution in [-0.2, 0) is 0 Å². The Bertz CT molecular complexity index is 1710. The van der Waals surface area contributed by atoms with Gasteiger partial charge in [-0.1, -0.05) is 23.6 Å². The van der Waals surface area contributed by atoms with Crippen molar-refractivity contribution in [2.75, 3.05) is 17.2 Å². The Balaban J connectivity index is 1.42. The van der Waals surface area contributed by atoms with E-state index in [0.717, 1.165) is 39.5 Å². The maximum absolute atomic E-state index is 16.2. The number of hydrogen-bond donors (Lipinski definition) is 4. The van der Waals surface area contributed by atoms with Gasteiger partial charge in [0.2, 0.25) is 11.9 Å². The van der Waals surface area contributed by atoms with Gasteiger partial charge in [-0.3, -0.25) is 9.99 Å². The minimum atomic E-state index is -4.47. The van der Waals surface area contributed by atoms with Crippen molar-refractivity contribution in [1.29, 1.82) is 0 Å². The lowest BCUT2D eigenvalue weighted by Gasteiger charge is -2.29. The molecule has 2 saturated carbocycles. The summed E-state index contributed by atoms with van der Waals surface area (Å²) in [5.41, 5.74) is 5.86. The highest BCUT2D eigenvalue weighted by atomic mass is 35.5. The first-order chi connectivity index (χ1) is 20.8. The number of aromatic nitrogens is 2. The molecule has 7 nitrogen and oxygen atoms in total. The number of aryl methyl sites for hydroxylation is 1. The van der Waals surface area contributed by atoms with Crippen molar-refractivity contribution in [3.8, 4) is 12.3 Å². The molecule has 1 aliphatic heterocycles. The smallest absolute Gasteiger partial charge is 0.383 e. The van der Waals surface area contributed by atoms with Crippen LogP contribution in [-0.4, -0.2) is 33.2 Å². The lowest BCUT2D eigenvalue weighted by Crippen LogP contribution is -2.47. The van der Waals surface area contributed by atoms with E-state index in [1.165, 1.54) is 18.3 Å². The van der Waals surface area contributed by atoms with Crippen LogP contribution in [0.2, 0.25) is 5.02 Å². The summed E-state index contributed by atoms with van der Waals surface area (Å²) >= 11 is 6.65. The van der Waals surface area contributed by atoms with Gasteiger partial charge >= 0.3 is 6.18 Å². The number of pyridine rings is 2. The molecule has 44 heavy (non-hydrogen) atoms. The number of alkyl halides is 3. The van der Waals surface area contributed by atoms with Crippen LogP contribution in [0.25, 0.3) is 10.9 Å². The minimum Gasteiger partial charge on any atom is -0.383 e. The highest BCUT2D eigenvalue weighted by Gasteiger charge is 2.60. The maximum Gasteiger partial charge on any atom is 0.395 e. The molecule has 0 bridgehead atoms. The largest absolute Gasteiger partial charge is 0.395 e. The number of hydrazine groups is 2. The molecule has 4 N–H and O–H groups in total. The number of hydrogen-bond acceptors (Lipinski definition) is 7. The maximum atomic E-state index is 16.2. The Labute approximate surface area is 256 Å². The van der Waals surface area contributed by atoms with Crippen molar-refractivity contribution in [2.45, 2.75) is 64.2 Å². The average Bonchev–Trinajstić information content (AvgIpc) is 3.88. The van der Waals surface area contributed by atoms with Crippen molar-refractivity contribution < 1.29 is 22.0 Å². The van der Waals surface area contributed by atoms with Crippen LogP contribution in [0.15, 0.2) is 42.1 Å². The third-order valence-electron chi connectivity index (χ3n) is 8.82. The molecule has 0 unspecified atom stereocenters. The molecule has 1 atom stereocenters. The molecule has 6 rings (SSSR count). The molecule has 0 radical (unpaired) electrons. The number of fused-ring (bicyclic) bond motifs is 1. The summed E-state index contributed by atoms with van der Waals surface area (Å²) in [6, 6.07) is 5.07. The second kappa shape index (κ2) is 10.7. The number of halogens is 6. The van der Waals surface area contributed by atoms with Crippen LogP contribution < -0.4 is 21.6 Å². The van der Waals surface area contributed by atoms with E-state index in [4.69, 9.17) is 18.0 Å². The molecule has 13 heteroatoms. The Morgan fingerprint density at radius 1 is 1.20 bits per heavy atom. The topological polar surface area (TPSA) is 77.1 Å². The van der Waals surface area contributed by atoms with Gasteiger partial charge in [0.05, 0.1) is 38.8 Å². The first-order valence-corrected chi connectivity index (χ1v) is 14.6. The molecule has 3 heterocycles. The normalized spacial score (nSPS) is 18.7. The quantitative estimate of drug-likeness (QED) is 0.0856. The molecule has 3 aliphatic rings. The SMILES string of the molecule is C#Cc1cnc2c(Cl)cc(N[C@H](C3=C(F)N(C4(C5CC5)CC4)NN3)c3ccc(F)nc3C)cc2c1NCC(C)(C)C(F)(F)F. The van der Waals surface area contributed by atoms with Gasteiger partial charge in [-0.2, -0.15) is 22.0 Å². The van der Waals surface area contributed by atoms with Crippen molar-refractivity contribution in [3.05, 3.63) is 69.9 Å². The van der Waals surface area contributed by atoms with Crippen LogP contribution >= 0.6 is 11.6 Å². The molecule has 0 saturated heterocycles. The highest BCUT2D eigenvalue weighted by Crippen LogP contribution is 2.59. The van der Waals surface area contributed by atoms with Crippen LogP contribution in [0.4, 0.5) is 33.3 Å². The molecule has 0 amide bonds. The molecule has 2 fully saturated rings. The molecule has 2 aliphatic carbocycles. The second-order valence-corrected chi connectivity index (χ2v) is 12.7. The molecule has 232 valence electrons. The molecular formula is C31H31ClF5N7. The summed E-state index contributed by atoms with van der Waals surface area (Å²) in [6.07, 6.45) is 6.43. The zero-order valence-electron chi connectivity index (χ0n) is 24.3. The van der Waals surface area contributed by atoms with Gasteiger partial charge in [-0.05, 0) is 70.6 Å². The highest BCUT2D eigenvalue weighted by molar-refractivity contribution is 6.35. The summed E-state index contributed by atoms with van der Waals surface area (Å²) in [6.45, 7) is 3.34. The Morgan fingerprint density at radius 3 is 2.55 bits per heavy atom. The van der Waals surface area contributed by atoms with E-state index >= 15 is 4.39 Å². The number of benzene rings is 1. The minimum absolute atomic E-state index is 0.172. The Morgan fingerprint density at radius 2 is 1.93 bits per heavy atom. The fourth-order valence-corrected chi connectivity index (χ4v) is 6.04. The fourth-order valence-electron chi connectivity index (χ4n) is 5.77. The lowest BCUT2D eigenvalue weighted by atomic mass is 9.92. The Hall–Kier alpha value is -3.82. The summed E-state index contributed by atoms with van der Waals surface area (Å²) < 4.78 is 71.2. The van der Waals surface area contributed by atoms with Crippen LogP contribution in [0.5, 0.6) is 0 Å². The summed E-state index contributed by atoms with van der Waals surface area (Å²) in [7, 11) is 0. The average molecular weight is 632 g/mol. The fraction of sp³-hybridized carbons (Fsp3) is 0.419. The second-order valence-electron chi connectivity index (χ2n) is 12.3. The molecule has 1 aromatic carbocycles. The van der Waals surface area contributed by atoms with Crippen molar-refractivity contribution in [2.24, 2.45) is 11.3 Å². The first kappa shape index (κ1) is 30.2. The van der Waals surface area contributed by atoms with E-state index in [1.54, 1.807) is 24.1 Å². The molecular weight excluding hydrogens is 601 g/mol. The van der Waals surface area contributed by atoms with Gasteiger partial charge in [0.15, 0.2) is 0 Å². The van der Waals surface area contributed by atoms with Crippen LogP contribution in [0, 0.1) is 36.5 Å². The van der Waals surface area contributed by atoms with Gasteiger partial charge in [-0.15, -0.1) is 12.0 Å². The first-order valence-electron chi connectivity index (χ1n) is 14.3. The lowest BCUT2D eigenvalue weighted by molar-refractivity contribution is -0.206. The number of nitrogens with one attached hydrogen (secondary N) is 4. The molecule has 2 aromatic heterocycles. The number of anilines is 2. The van der Waals surface area contributed by atoms with Crippen molar-refractivity contribution in [3.63, 3.8) is 0 Å². The predicted molar refractivity (Wildman–Crippen MR) is 159 cm³/mol. The van der Waals surface area contributed by atoms with E-state index in [9.17, 15) is 17.6 Å². The summed E-state index contributed by atoms with van der Waals surface area (Å²) in [4.78, 5) is 8.30. The number of nitrogens with zero attached hydrogens (tertiary/aromatic N) is 3. The van der Waals surface area contributed by atoms with Crippen LogP contribution in [0.1, 0.15) is 62.4 Å². The third-order valence-corrected chi connectivity index (χ3v) is 9.11. The van der Waals surface area contributed by atoms with Gasteiger partial charge < -0.3 is 16.1 Å². The summed E-state index contributed by atoms with van der Waals surface area (Å²) in [5, 5.41) is 8.30. The van der Waals surface area contributed by atoms with Gasteiger partial charge in [0.1, 0.15) is 5.70 Å². The van der Waals surface area contributed by atoms with Gasteiger partial charge in [0, 0.05) is 35.1 Å². The summed E-state index contributed by atoms with van der Waals surface area (Å²) in [5.74, 6) is 1.72. The van der Waals surface area contributed by atoms with E-state index in [-0.39, 0.29) is 27.5 Å². The van der Waals surface area contributed by atoms with E-state index < -0.39 is 36.1 Å². The van der Waals surface area contributed by atoms with Gasteiger partial charge in [-0.25, -0.2) is 4.98 Å². The third kappa shape index (κ3) is 5.26. The Kier molecular flexibility index (Phi) is 7.32. The standard InChI is InChI=1S/C31H31ClF5N7/c1-5-17-14-38-25-21(24(17)39-15-29(3,4)31(35,36)37)12-19(13-22(25)32)41-26(20-8-9-23(33)40-16(20)2)27-28(34)44(43-42-27)30(10-11-30)18-6-7-18/h1,8-9,12-14,18,26,41-43H,6-7,10-11,15H2,2-4H3,(H,38,39)/t26-/m0/s1. The van der Waals surface area contributed by atoms with Crippen molar-refractivity contribution in [1.82, 2.24) is 25.9 Å². The number of rotatable bonds is 9. The number of terminal acetylenes is 1. The van der Waals surface area contributed by atoms with E-state index in [2.05, 4.69) is 37.5 Å². The zero-order valence-corrected chi connectivity index (χ0v) is 25.0. The van der Waals surface area contributed by atoms with Crippen LogP contribution in [0.3, 0.4) is 0 Å². The molecule has 3 aromatic rings. The van der Waals surface area contributed by atoms with Gasteiger partial charge in [0.25, 0.3) is 0 Å². The van der Waals surface area contributed by atoms with Crippen molar-refractivity contribution >= 4 is 33.9 Å². The zero-order chi connectivity index (χ0) is 31.6. The molecule has 0 spiro atoms. The van der Waals surface area contributed by atoms with E-state index in [0.29, 0.717) is 33.8 Å².